The highest BCUT2D eigenvalue weighted by Gasteiger charge is 2.37. The summed E-state index contributed by atoms with van der Waals surface area (Å²) in [5, 5.41) is 10.8. The van der Waals surface area contributed by atoms with Crippen LogP contribution in [0.1, 0.15) is 43.0 Å². The van der Waals surface area contributed by atoms with Gasteiger partial charge in [0.1, 0.15) is 18.3 Å². The van der Waals surface area contributed by atoms with Crippen molar-refractivity contribution in [1.29, 1.82) is 0 Å². The number of carbonyl (C=O) groups is 3. The van der Waals surface area contributed by atoms with E-state index >= 15 is 0 Å². The Balaban J connectivity index is 0.000000806. The van der Waals surface area contributed by atoms with Gasteiger partial charge in [0.05, 0.1) is 13.7 Å². The van der Waals surface area contributed by atoms with Gasteiger partial charge in [-0.05, 0) is 37.5 Å². The molecule has 1 saturated heterocycles. The van der Waals surface area contributed by atoms with Gasteiger partial charge in [0.15, 0.2) is 5.82 Å². The highest BCUT2D eigenvalue weighted by molar-refractivity contribution is 5.94. The number of rotatable bonds is 6. The van der Waals surface area contributed by atoms with Crippen LogP contribution in [0.3, 0.4) is 0 Å². The van der Waals surface area contributed by atoms with E-state index in [0.29, 0.717) is 24.2 Å². The van der Waals surface area contributed by atoms with E-state index in [1.807, 2.05) is 24.3 Å². The lowest BCUT2D eigenvalue weighted by Crippen LogP contribution is -2.58. The van der Waals surface area contributed by atoms with Crippen molar-refractivity contribution in [2.75, 3.05) is 13.7 Å². The lowest BCUT2D eigenvalue weighted by Gasteiger charge is -2.38. The average molecular weight is 416 g/mol. The van der Waals surface area contributed by atoms with Crippen LogP contribution >= 0.6 is 0 Å². The van der Waals surface area contributed by atoms with Crippen LogP contribution in [0.2, 0.25) is 0 Å². The zero-order valence-corrected chi connectivity index (χ0v) is 16.9. The second kappa shape index (κ2) is 9.38. The molecule has 2 aromatic rings. The molecule has 10 heteroatoms. The molecule has 1 saturated carbocycles. The van der Waals surface area contributed by atoms with E-state index in [1.165, 1.54) is 4.90 Å². The molecule has 2 heterocycles. The van der Waals surface area contributed by atoms with Crippen molar-refractivity contribution in [2.45, 2.75) is 44.8 Å². The van der Waals surface area contributed by atoms with Crippen molar-refractivity contribution in [3.8, 4) is 5.75 Å². The minimum atomic E-state index is -0.563. The van der Waals surface area contributed by atoms with Gasteiger partial charge in [0, 0.05) is 12.5 Å². The Morgan fingerprint density at radius 2 is 1.90 bits per heavy atom. The number of piperazine rings is 1. The maximum absolute atomic E-state index is 12.8. The van der Waals surface area contributed by atoms with Crippen LogP contribution in [-0.2, 0) is 27.5 Å². The SMILES string of the molecule is COc1ccc(CN2CC(=O)N(Cc3noc(C4CC4)n3)[C@@H](C)C2=O)cc1.O=CO. The smallest absolute Gasteiger partial charge is 0.290 e. The normalized spacial score (nSPS) is 18.7. The molecular weight excluding hydrogens is 392 g/mol. The van der Waals surface area contributed by atoms with Crippen molar-refractivity contribution >= 4 is 18.3 Å². The fraction of sp³-hybridized carbons (Fsp3) is 0.450. The lowest BCUT2D eigenvalue weighted by molar-refractivity contribution is -0.156. The van der Waals surface area contributed by atoms with Crippen LogP contribution < -0.4 is 4.74 Å². The van der Waals surface area contributed by atoms with Crippen molar-refractivity contribution in [2.24, 2.45) is 0 Å². The third kappa shape index (κ3) is 4.94. The maximum atomic E-state index is 12.8. The van der Waals surface area contributed by atoms with Crippen LogP contribution in [0.15, 0.2) is 28.8 Å². The largest absolute Gasteiger partial charge is 0.497 e. The molecule has 2 amide bonds. The van der Waals surface area contributed by atoms with Gasteiger partial charge in [0.2, 0.25) is 17.7 Å². The molecule has 0 spiro atoms. The van der Waals surface area contributed by atoms with Gasteiger partial charge in [-0.15, -0.1) is 0 Å². The Hall–Kier alpha value is -3.43. The highest BCUT2D eigenvalue weighted by Crippen LogP contribution is 2.38. The number of methoxy groups -OCH3 is 1. The predicted molar refractivity (Wildman–Crippen MR) is 103 cm³/mol. The molecule has 30 heavy (non-hydrogen) atoms. The molecule has 0 unspecified atom stereocenters. The fourth-order valence-electron chi connectivity index (χ4n) is 3.24. The van der Waals surface area contributed by atoms with E-state index in [9.17, 15) is 9.59 Å². The first kappa shape index (κ1) is 21.3. The minimum Gasteiger partial charge on any atom is -0.497 e. The Kier molecular flexibility index (Phi) is 6.65. The summed E-state index contributed by atoms with van der Waals surface area (Å²) in [5.41, 5.74) is 0.949. The first-order valence-corrected chi connectivity index (χ1v) is 9.58. The molecule has 4 rings (SSSR count). The fourth-order valence-corrected chi connectivity index (χ4v) is 3.24. The molecule has 1 aromatic carbocycles. The quantitative estimate of drug-likeness (QED) is 0.701. The summed E-state index contributed by atoms with van der Waals surface area (Å²) >= 11 is 0. The molecule has 160 valence electrons. The number of benzene rings is 1. The van der Waals surface area contributed by atoms with Crippen LogP contribution in [0.25, 0.3) is 0 Å². The van der Waals surface area contributed by atoms with Crippen molar-refractivity contribution in [3.63, 3.8) is 0 Å². The summed E-state index contributed by atoms with van der Waals surface area (Å²) in [7, 11) is 1.61. The number of hydrogen-bond acceptors (Lipinski definition) is 7. The van der Waals surface area contributed by atoms with Gasteiger partial charge in [-0.25, -0.2) is 0 Å². The van der Waals surface area contributed by atoms with Crippen LogP contribution in [-0.4, -0.2) is 63.0 Å². The van der Waals surface area contributed by atoms with Gasteiger partial charge in [-0.1, -0.05) is 17.3 Å². The van der Waals surface area contributed by atoms with Crippen molar-refractivity contribution in [1.82, 2.24) is 19.9 Å². The minimum absolute atomic E-state index is 0.0442. The molecule has 1 aliphatic heterocycles. The van der Waals surface area contributed by atoms with E-state index in [0.717, 1.165) is 24.2 Å². The van der Waals surface area contributed by atoms with E-state index in [-0.39, 0.29) is 31.4 Å². The maximum Gasteiger partial charge on any atom is 0.290 e. The number of aromatic nitrogens is 2. The number of nitrogens with zero attached hydrogens (tertiary/aromatic N) is 4. The summed E-state index contributed by atoms with van der Waals surface area (Å²) in [5.74, 6) is 2.00. The summed E-state index contributed by atoms with van der Waals surface area (Å²) in [4.78, 5) is 41.2. The number of amides is 2. The van der Waals surface area contributed by atoms with Crippen LogP contribution in [0.4, 0.5) is 0 Å². The van der Waals surface area contributed by atoms with E-state index in [1.54, 1.807) is 18.9 Å². The van der Waals surface area contributed by atoms with Gasteiger partial charge < -0.3 is 24.2 Å². The standard InChI is InChI=1S/C19H22N4O4.CH2O2/c1-12-19(25)22(9-13-3-7-15(26-2)8-4-13)11-17(24)23(12)10-16-20-18(27-21-16)14-5-6-14;2-1-3/h3-4,7-8,12,14H,5-6,9-11H2,1-2H3;1H,(H,2,3)/t12-;/m0./s1. The summed E-state index contributed by atoms with van der Waals surface area (Å²) in [6.45, 7) is 2.12. The average Bonchev–Trinajstić information content (AvgIpc) is 3.49. The highest BCUT2D eigenvalue weighted by atomic mass is 16.5. The molecule has 1 aliphatic carbocycles. The van der Waals surface area contributed by atoms with E-state index in [2.05, 4.69) is 10.1 Å². The number of ether oxygens (including phenoxy) is 1. The van der Waals surface area contributed by atoms with E-state index in [4.69, 9.17) is 19.2 Å². The van der Waals surface area contributed by atoms with Gasteiger partial charge in [0.25, 0.3) is 6.47 Å². The summed E-state index contributed by atoms with van der Waals surface area (Å²) in [6, 6.07) is 6.91. The topological polar surface area (TPSA) is 126 Å². The van der Waals surface area contributed by atoms with Crippen LogP contribution in [0, 0.1) is 0 Å². The number of carbonyl (C=O) groups excluding carboxylic acids is 2. The second-order valence-corrected chi connectivity index (χ2v) is 7.17. The Morgan fingerprint density at radius 1 is 1.23 bits per heavy atom. The second-order valence-electron chi connectivity index (χ2n) is 7.17. The van der Waals surface area contributed by atoms with Gasteiger partial charge in [-0.2, -0.15) is 4.98 Å². The third-order valence-corrected chi connectivity index (χ3v) is 5.04. The zero-order valence-electron chi connectivity index (χ0n) is 16.9. The van der Waals surface area contributed by atoms with Gasteiger partial charge in [-0.3, -0.25) is 14.4 Å². The number of carboxylic acid groups (broad SMARTS) is 1. The predicted octanol–water partition coefficient (Wildman–Crippen LogP) is 1.42. The summed E-state index contributed by atoms with van der Waals surface area (Å²) < 4.78 is 10.4. The Bertz CT molecular complexity index is 893. The zero-order chi connectivity index (χ0) is 21.7. The van der Waals surface area contributed by atoms with Crippen molar-refractivity contribution < 1.29 is 28.8 Å². The molecule has 1 atom stereocenters. The molecule has 10 nitrogen and oxygen atoms in total. The molecule has 1 N–H and O–H groups in total. The Morgan fingerprint density at radius 3 is 2.50 bits per heavy atom. The number of hydrogen-bond donors (Lipinski definition) is 1. The first-order chi connectivity index (χ1) is 14.5. The molecular formula is C20H24N4O6. The molecule has 1 aromatic heterocycles. The monoisotopic (exact) mass is 416 g/mol. The first-order valence-electron chi connectivity index (χ1n) is 9.58. The molecule has 0 bridgehead atoms. The van der Waals surface area contributed by atoms with Crippen molar-refractivity contribution in [3.05, 3.63) is 41.5 Å². The van der Waals surface area contributed by atoms with Crippen LogP contribution in [0.5, 0.6) is 5.75 Å². The van der Waals surface area contributed by atoms with E-state index < -0.39 is 6.04 Å². The van der Waals surface area contributed by atoms with Gasteiger partial charge >= 0.3 is 0 Å². The molecule has 2 fully saturated rings. The Labute approximate surface area is 173 Å². The third-order valence-electron chi connectivity index (χ3n) is 5.04. The molecule has 0 radical (unpaired) electrons. The summed E-state index contributed by atoms with van der Waals surface area (Å²) in [6.07, 6.45) is 2.14. The lowest BCUT2D eigenvalue weighted by atomic mass is 10.1. The molecule has 2 aliphatic rings.